The van der Waals surface area contributed by atoms with Crippen molar-refractivity contribution < 1.29 is 0 Å². The summed E-state index contributed by atoms with van der Waals surface area (Å²) in [6, 6.07) is 6.41. The Morgan fingerprint density at radius 3 is 2.86 bits per heavy atom. The van der Waals surface area contributed by atoms with Gasteiger partial charge >= 0.3 is 0 Å². The number of benzene rings is 1. The Bertz CT molecular complexity index is 515. The van der Waals surface area contributed by atoms with E-state index in [1.807, 2.05) is 6.92 Å². The molecule has 0 amide bonds. The predicted octanol–water partition coefficient (Wildman–Crippen LogP) is 2.91. The number of H-pyrrole nitrogens is 1. The molecular formula is C12H12N2. The second-order valence-electron chi connectivity index (χ2n) is 3.46. The molecule has 1 heterocycles. The first kappa shape index (κ1) is 8.83. The van der Waals surface area contributed by atoms with Crippen LogP contribution in [0.1, 0.15) is 23.6 Å². The maximum absolute atomic E-state index is 8.94. The van der Waals surface area contributed by atoms with Gasteiger partial charge in [0.1, 0.15) is 6.07 Å². The van der Waals surface area contributed by atoms with Crippen LogP contribution in [0.4, 0.5) is 0 Å². The molecule has 0 radical (unpaired) electrons. The fraction of sp³-hybridized carbons (Fsp3) is 0.250. The molecule has 14 heavy (non-hydrogen) atoms. The van der Waals surface area contributed by atoms with Crippen molar-refractivity contribution >= 4 is 10.9 Å². The van der Waals surface area contributed by atoms with Gasteiger partial charge in [0, 0.05) is 11.6 Å². The summed E-state index contributed by atoms with van der Waals surface area (Å²) in [7, 11) is 0. The molecular weight excluding hydrogens is 172 g/mol. The van der Waals surface area contributed by atoms with Crippen LogP contribution in [0.15, 0.2) is 18.3 Å². The second-order valence-corrected chi connectivity index (χ2v) is 3.46. The van der Waals surface area contributed by atoms with Crippen molar-refractivity contribution in [3.8, 4) is 6.07 Å². The van der Waals surface area contributed by atoms with Crippen LogP contribution in [0, 0.1) is 18.3 Å². The number of nitrogens with one attached hydrogen (secondary N) is 1. The number of aryl methyl sites for hydroxylation is 2. The summed E-state index contributed by atoms with van der Waals surface area (Å²) in [6.07, 6.45) is 2.78. The lowest BCUT2D eigenvalue weighted by atomic mass is 10.0. The maximum atomic E-state index is 8.94. The SMILES string of the molecule is CCc1ccc(C)c2c(C#N)c[nH]c12. The van der Waals surface area contributed by atoms with E-state index in [-0.39, 0.29) is 0 Å². The third-order valence-electron chi connectivity index (χ3n) is 2.63. The van der Waals surface area contributed by atoms with Crippen LogP contribution in [0.3, 0.4) is 0 Å². The highest BCUT2D eigenvalue weighted by molar-refractivity contribution is 5.91. The van der Waals surface area contributed by atoms with E-state index in [1.54, 1.807) is 6.20 Å². The summed E-state index contributed by atoms with van der Waals surface area (Å²) in [5.41, 5.74) is 4.29. The van der Waals surface area contributed by atoms with Gasteiger partial charge in [0.15, 0.2) is 0 Å². The van der Waals surface area contributed by atoms with Crippen LogP contribution in [-0.4, -0.2) is 4.98 Å². The summed E-state index contributed by atoms with van der Waals surface area (Å²) in [4.78, 5) is 3.18. The monoisotopic (exact) mass is 184 g/mol. The zero-order chi connectivity index (χ0) is 10.1. The molecule has 2 heteroatoms. The van der Waals surface area contributed by atoms with E-state index in [1.165, 1.54) is 5.56 Å². The molecule has 0 unspecified atom stereocenters. The zero-order valence-electron chi connectivity index (χ0n) is 8.39. The highest BCUT2D eigenvalue weighted by atomic mass is 14.7. The Morgan fingerprint density at radius 1 is 1.43 bits per heavy atom. The minimum absolute atomic E-state index is 0.743. The van der Waals surface area contributed by atoms with E-state index in [2.05, 4.69) is 30.1 Å². The van der Waals surface area contributed by atoms with Crippen molar-refractivity contribution in [2.75, 3.05) is 0 Å². The number of rotatable bonds is 1. The Kier molecular flexibility index (Phi) is 2.01. The topological polar surface area (TPSA) is 39.6 Å². The molecule has 0 saturated heterocycles. The van der Waals surface area contributed by atoms with Gasteiger partial charge in [-0.15, -0.1) is 0 Å². The highest BCUT2D eigenvalue weighted by Crippen LogP contribution is 2.25. The lowest BCUT2D eigenvalue weighted by molar-refractivity contribution is 1.15. The van der Waals surface area contributed by atoms with Gasteiger partial charge in [0.05, 0.1) is 11.1 Å². The third-order valence-corrected chi connectivity index (χ3v) is 2.63. The Labute approximate surface area is 83.2 Å². The van der Waals surface area contributed by atoms with E-state index < -0.39 is 0 Å². The summed E-state index contributed by atoms with van der Waals surface area (Å²) in [6.45, 7) is 4.16. The van der Waals surface area contributed by atoms with E-state index >= 15 is 0 Å². The number of hydrogen-bond acceptors (Lipinski definition) is 1. The van der Waals surface area contributed by atoms with E-state index in [4.69, 9.17) is 5.26 Å². The molecule has 0 aliphatic rings. The number of aromatic nitrogens is 1. The molecule has 1 N–H and O–H groups in total. The first-order valence-corrected chi connectivity index (χ1v) is 4.77. The molecule has 2 aromatic rings. The first-order chi connectivity index (χ1) is 6.77. The standard InChI is InChI=1S/C12H12N2/c1-3-9-5-4-8(2)11-10(6-13)7-14-12(9)11/h4-5,7,14H,3H2,1-2H3. The van der Waals surface area contributed by atoms with E-state index in [9.17, 15) is 0 Å². The Balaban J connectivity index is 2.89. The fourth-order valence-corrected chi connectivity index (χ4v) is 1.86. The van der Waals surface area contributed by atoms with Crippen molar-refractivity contribution in [1.29, 1.82) is 5.26 Å². The molecule has 1 aromatic heterocycles. The lowest BCUT2D eigenvalue weighted by Crippen LogP contribution is -1.85. The average Bonchev–Trinajstić information content (AvgIpc) is 2.63. The van der Waals surface area contributed by atoms with Gasteiger partial charge in [-0.3, -0.25) is 0 Å². The smallest absolute Gasteiger partial charge is 0.101 e. The third kappa shape index (κ3) is 1.10. The van der Waals surface area contributed by atoms with Crippen LogP contribution in [0.2, 0.25) is 0 Å². The number of aromatic amines is 1. The van der Waals surface area contributed by atoms with Crippen LogP contribution in [-0.2, 0) is 6.42 Å². The largest absolute Gasteiger partial charge is 0.360 e. The van der Waals surface area contributed by atoms with Crippen molar-refractivity contribution in [3.05, 3.63) is 35.0 Å². The average molecular weight is 184 g/mol. The summed E-state index contributed by atoms with van der Waals surface area (Å²) >= 11 is 0. The van der Waals surface area contributed by atoms with Gasteiger partial charge in [-0.05, 0) is 24.5 Å². The van der Waals surface area contributed by atoms with Gasteiger partial charge < -0.3 is 4.98 Å². The predicted molar refractivity (Wildman–Crippen MR) is 57.1 cm³/mol. The van der Waals surface area contributed by atoms with Crippen LogP contribution in [0.5, 0.6) is 0 Å². The number of nitrogens with zero attached hydrogens (tertiary/aromatic N) is 1. The summed E-state index contributed by atoms with van der Waals surface area (Å²) in [5, 5.41) is 10.0. The Hall–Kier alpha value is -1.75. The molecule has 0 saturated carbocycles. The molecule has 0 aliphatic heterocycles. The number of fused-ring (bicyclic) bond motifs is 1. The fourth-order valence-electron chi connectivity index (χ4n) is 1.86. The van der Waals surface area contributed by atoms with Crippen molar-refractivity contribution in [2.45, 2.75) is 20.3 Å². The molecule has 2 rings (SSSR count). The zero-order valence-corrected chi connectivity index (χ0v) is 8.39. The molecule has 70 valence electrons. The van der Waals surface area contributed by atoms with Crippen LogP contribution >= 0.6 is 0 Å². The Morgan fingerprint density at radius 2 is 2.21 bits per heavy atom. The maximum Gasteiger partial charge on any atom is 0.101 e. The molecule has 0 aliphatic carbocycles. The minimum Gasteiger partial charge on any atom is -0.360 e. The minimum atomic E-state index is 0.743. The normalized spacial score (nSPS) is 10.4. The van der Waals surface area contributed by atoms with Crippen molar-refractivity contribution in [3.63, 3.8) is 0 Å². The summed E-state index contributed by atoms with van der Waals surface area (Å²) in [5.74, 6) is 0. The molecule has 0 bridgehead atoms. The van der Waals surface area contributed by atoms with E-state index in [0.29, 0.717) is 0 Å². The quantitative estimate of drug-likeness (QED) is 0.727. The molecule has 0 fully saturated rings. The lowest BCUT2D eigenvalue weighted by Gasteiger charge is -2.02. The molecule has 2 nitrogen and oxygen atoms in total. The van der Waals surface area contributed by atoms with Gasteiger partial charge in [-0.1, -0.05) is 19.1 Å². The molecule has 0 spiro atoms. The molecule has 1 aromatic carbocycles. The molecule has 0 atom stereocenters. The number of nitriles is 1. The highest BCUT2D eigenvalue weighted by Gasteiger charge is 2.08. The van der Waals surface area contributed by atoms with Crippen LogP contribution in [0.25, 0.3) is 10.9 Å². The summed E-state index contributed by atoms with van der Waals surface area (Å²) < 4.78 is 0. The van der Waals surface area contributed by atoms with Gasteiger partial charge in [0.2, 0.25) is 0 Å². The number of hydrogen-bond donors (Lipinski definition) is 1. The van der Waals surface area contributed by atoms with Crippen molar-refractivity contribution in [2.24, 2.45) is 0 Å². The van der Waals surface area contributed by atoms with Crippen molar-refractivity contribution in [1.82, 2.24) is 4.98 Å². The van der Waals surface area contributed by atoms with Gasteiger partial charge in [0.25, 0.3) is 0 Å². The van der Waals surface area contributed by atoms with Gasteiger partial charge in [-0.2, -0.15) is 5.26 Å². The first-order valence-electron chi connectivity index (χ1n) is 4.77. The van der Waals surface area contributed by atoms with E-state index in [0.717, 1.165) is 28.5 Å². The van der Waals surface area contributed by atoms with Crippen LogP contribution < -0.4 is 0 Å². The second kappa shape index (κ2) is 3.19. The van der Waals surface area contributed by atoms with Gasteiger partial charge in [-0.25, -0.2) is 0 Å².